The molecule has 1 aliphatic rings. The van der Waals surface area contributed by atoms with Crippen LogP contribution < -0.4 is 10.2 Å². The maximum absolute atomic E-state index is 12.4. The molecule has 2 rings (SSSR count). The van der Waals surface area contributed by atoms with Crippen LogP contribution in [0.15, 0.2) is 24.5 Å². The molecule has 0 aliphatic carbocycles. The number of piperazine rings is 1. The normalized spacial score (nSPS) is 24.0. The summed E-state index contributed by atoms with van der Waals surface area (Å²) in [6.45, 7) is 3.72. The van der Waals surface area contributed by atoms with Gasteiger partial charge in [-0.15, -0.1) is 0 Å². The molecule has 2 atom stereocenters. The van der Waals surface area contributed by atoms with Gasteiger partial charge in [0, 0.05) is 6.20 Å². The second kappa shape index (κ2) is 5.16. The van der Waals surface area contributed by atoms with E-state index in [1.165, 1.54) is 4.90 Å². The maximum atomic E-state index is 12.4. The van der Waals surface area contributed by atoms with Crippen LogP contribution in [0.3, 0.4) is 0 Å². The molecule has 1 saturated heterocycles. The average Bonchev–Trinajstić information content (AvgIpc) is 2.38. The summed E-state index contributed by atoms with van der Waals surface area (Å²) in [7, 11) is 0. The largest absolute Gasteiger partial charge is 0.342 e. The quantitative estimate of drug-likeness (QED) is 0.870. The Kier molecular flexibility index (Phi) is 3.60. The summed E-state index contributed by atoms with van der Waals surface area (Å²) in [6, 6.07) is 2.65. The Morgan fingerprint density at radius 3 is 2.83 bits per heavy atom. The van der Waals surface area contributed by atoms with Crippen molar-refractivity contribution in [1.29, 1.82) is 0 Å². The fraction of sp³-hybridized carbons (Fsp3) is 0.462. The third-order valence-electron chi connectivity index (χ3n) is 3.12. The topological polar surface area (TPSA) is 62.3 Å². The summed E-state index contributed by atoms with van der Waals surface area (Å²) in [5.74, 6) is -0.172. The lowest BCUT2D eigenvalue weighted by molar-refractivity contribution is -0.133. The zero-order valence-corrected chi connectivity index (χ0v) is 10.6. The van der Waals surface area contributed by atoms with Crippen LogP contribution in [-0.2, 0) is 9.59 Å². The SMILES string of the molecule is CCCC1NC(=O)C(C)N(c2cccnc2)C1=O. The Balaban J connectivity index is 2.31. The molecule has 1 aliphatic heterocycles. The molecular formula is C13H17N3O2. The van der Waals surface area contributed by atoms with Crippen LogP contribution in [0.25, 0.3) is 0 Å². The highest BCUT2D eigenvalue weighted by molar-refractivity contribution is 6.08. The summed E-state index contributed by atoms with van der Waals surface area (Å²) >= 11 is 0. The molecule has 0 aromatic carbocycles. The van der Waals surface area contributed by atoms with E-state index < -0.39 is 12.1 Å². The first kappa shape index (κ1) is 12.5. The number of amides is 2. The summed E-state index contributed by atoms with van der Waals surface area (Å²) < 4.78 is 0. The zero-order chi connectivity index (χ0) is 13.1. The van der Waals surface area contributed by atoms with Gasteiger partial charge in [-0.05, 0) is 25.5 Å². The number of rotatable bonds is 3. The molecule has 18 heavy (non-hydrogen) atoms. The van der Waals surface area contributed by atoms with Crippen LogP contribution >= 0.6 is 0 Å². The van der Waals surface area contributed by atoms with Gasteiger partial charge in [0.25, 0.3) is 0 Å². The van der Waals surface area contributed by atoms with Crippen molar-refractivity contribution in [3.63, 3.8) is 0 Å². The van der Waals surface area contributed by atoms with Gasteiger partial charge < -0.3 is 5.32 Å². The van der Waals surface area contributed by atoms with E-state index in [4.69, 9.17) is 0 Å². The van der Waals surface area contributed by atoms with Gasteiger partial charge in [0.15, 0.2) is 0 Å². The third kappa shape index (κ3) is 2.20. The molecule has 1 aromatic rings. The molecule has 5 nitrogen and oxygen atoms in total. The molecule has 0 bridgehead atoms. The van der Waals surface area contributed by atoms with Crippen molar-refractivity contribution >= 4 is 17.5 Å². The van der Waals surface area contributed by atoms with Gasteiger partial charge in [0.2, 0.25) is 11.8 Å². The van der Waals surface area contributed by atoms with Gasteiger partial charge in [-0.1, -0.05) is 13.3 Å². The molecule has 96 valence electrons. The van der Waals surface area contributed by atoms with Crippen LogP contribution in [0.1, 0.15) is 26.7 Å². The minimum absolute atomic E-state index is 0.0584. The fourth-order valence-corrected chi connectivity index (χ4v) is 2.16. The second-order valence-electron chi connectivity index (χ2n) is 4.45. The van der Waals surface area contributed by atoms with E-state index in [0.717, 1.165) is 6.42 Å². The van der Waals surface area contributed by atoms with Crippen LogP contribution in [0, 0.1) is 0 Å². The highest BCUT2D eigenvalue weighted by atomic mass is 16.2. The number of carbonyl (C=O) groups is 2. The van der Waals surface area contributed by atoms with E-state index in [-0.39, 0.29) is 11.8 Å². The highest BCUT2D eigenvalue weighted by Crippen LogP contribution is 2.21. The average molecular weight is 247 g/mol. The highest BCUT2D eigenvalue weighted by Gasteiger charge is 2.38. The van der Waals surface area contributed by atoms with E-state index in [2.05, 4.69) is 10.3 Å². The summed E-state index contributed by atoms with van der Waals surface area (Å²) in [6.07, 6.45) is 4.77. The Labute approximate surface area is 106 Å². The van der Waals surface area contributed by atoms with Crippen LogP contribution in [-0.4, -0.2) is 28.9 Å². The lowest BCUT2D eigenvalue weighted by atomic mass is 10.0. The molecule has 1 N–H and O–H groups in total. The number of hydrogen-bond acceptors (Lipinski definition) is 3. The molecule has 2 heterocycles. The number of aromatic nitrogens is 1. The lowest BCUT2D eigenvalue weighted by Gasteiger charge is -2.37. The van der Waals surface area contributed by atoms with E-state index in [1.54, 1.807) is 31.5 Å². The van der Waals surface area contributed by atoms with E-state index >= 15 is 0 Å². The predicted octanol–water partition coefficient (Wildman–Crippen LogP) is 1.10. The molecule has 0 radical (unpaired) electrons. The first-order valence-corrected chi connectivity index (χ1v) is 6.18. The standard InChI is InChI=1S/C13H17N3O2/c1-3-5-11-13(18)16(9(2)12(17)15-11)10-6-4-7-14-8-10/h4,6-9,11H,3,5H2,1-2H3,(H,15,17). The number of carbonyl (C=O) groups excluding carboxylic acids is 2. The second-order valence-corrected chi connectivity index (χ2v) is 4.45. The number of nitrogens with one attached hydrogen (secondary N) is 1. The summed E-state index contributed by atoms with van der Waals surface area (Å²) in [5.41, 5.74) is 0.672. The van der Waals surface area contributed by atoms with Crippen molar-refractivity contribution in [2.75, 3.05) is 4.90 Å². The number of hydrogen-bond donors (Lipinski definition) is 1. The summed E-state index contributed by atoms with van der Waals surface area (Å²) in [5, 5.41) is 2.77. The van der Waals surface area contributed by atoms with Crippen molar-refractivity contribution in [2.45, 2.75) is 38.8 Å². The minimum Gasteiger partial charge on any atom is -0.342 e. The molecular weight excluding hydrogens is 230 g/mol. The van der Waals surface area contributed by atoms with Gasteiger partial charge in [-0.3, -0.25) is 19.5 Å². The molecule has 0 spiro atoms. The van der Waals surface area contributed by atoms with Crippen LogP contribution in [0.2, 0.25) is 0 Å². The lowest BCUT2D eigenvalue weighted by Crippen LogP contribution is -2.62. The molecule has 2 unspecified atom stereocenters. The van der Waals surface area contributed by atoms with Gasteiger partial charge in [-0.25, -0.2) is 0 Å². The Bertz CT molecular complexity index is 447. The van der Waals surface area contributed by atoms with Gasteiger partial charge >= 0.3 is 0 Å². The monoisotopic (exact) mass is 247 g/mol. The van der Waals surface area contributed by atoms with E-state index in [1.807, 2.05) is 6.92 Å². The molecule has 1 aromatic heterocycles. The van der Waals surface area contributed by atoms with E-state index in [9.17, 15) is 9.59 Å². The first-order valence-electron chi connectivity index (χ1n) is 6.18. The number of nitrogens with zero attached hydrogens (tertiary/aromatic N) is 2. The summed E-state index contributed by atoms with van der Waals surface area (Å²) in [4.78, 5) is 29.8. The van der Waals surface area contributed by atoms with Crippen molar-refractivity contribution in [3.8, 4) is 0 Å². The number of pyridine rings is 1. The Morgan fingerprint density at radius 2 is 2.22 bits per heavy atom. The van der Waals surface area contributed by atoms with Gasteiger partial charge in [-0.2, -0.15) is 0 Å². The fourth-order valence-electron chi connectivity index (χ4n) is 2.16. The first-order chi connectivity index (χ1) is 8.65. The van der Waals surface area contributed by atoms with Crippen molar-refractivity contribution < 1.29 is 9.59 Å². The molecule has 5 heteroatoms. The molecule has 0 saturated carbocycles. The smallest absolute Gasteiger partial charge is 0.250 e. The number of anilines is 1. The van der Waals surface area contributed by atoms with Gasteiger partial charge in [0.1, 0.15) is 12.1 Å². The van der Waals surface area contributed by atoms with Crippen molar-refractivity contribution in [1.82, 2.24) is 10.3 Å². The van der Waals surface area contributed by atoms with Crippen LogP contribution in [0.4, 0.5) is 5.69 Å². The van der Waals surface area contributed by atoms with Crippen molar-refractivity contribution in [3.05, 3.63) is 24.5 Å². The predicted molar refractivity (Wildman–Crippen MR) is 68.0 cm³/mol. The maximum Gasteiger partial charge on any atom is 0.250 e. The molecule has 2 amide bonds. The van der Waals surface area contributed by atoms with E-state index in [0.29, 0.717) is 12.1 Å². The molecule has 1 fully saturated rings. The zero-order valence-electron chi connectivity index (χ0n) is 10.6. The van der Waals surface area contributed by atoms with Gasteiger partial charge in [0.05, 0.1) is 11.9 Å². The Morgan fingerprint density at radius 1 is 1.44 bits per heavy atom. The third-order valence-corrected chi connectivity index (χ3v) is 3.12. The Hall–Kier alpha value is -1.91. The van der Waals surface area contributed by atoms with Crippen molar-refractivity contribution in [2.24, 2.45) is 0 Å². The minimum atomic E-state index is -0.491. The van der Waals surface area contributed by atoms with Crippen LogP contribution in [0.5, 0.6) is 0 Å².